The molecular weight excluding hydrogens is 217 g/mol. The van der Waals surface area contributed by atoms with Crippen molar-refractivity contribution in [3.05, 3.63) is 29.6 Å². The molecule has 1 aliphatic heterocycles. The summed E-state index contributed by atoms with van der Waals surface area (Å²) in [5.41, 5.74) is 0.845. The van der Waals surface area contributed by atoms with Crippen LogP contribution in [-0.2, 0) is 0 Å². The van der Waals surface area contributed by atoms with Gasteiger partial charge < -0.3 is 10.2 Å². The van der Waals surface area contributed by atoms with Gasteiger partial charge in [-0.05, 0) is 44.6 Å². The van der Waals surface area contributed by atoms with Crippen LogP contribution in [0.3, 0.4) is 0 Å². The van der Waals surface area contributed by atoms with E-state index < -0.39 is 0 Å². The lowest BCUT2D eigenvalue weighted by Gasteiger charge is -2.31. The van der Waals surface area contributed by atoms with Crippen LogP contribution in [0, 0.1) is 17.1 Å². The van der Waals surface area contributed by atoms with E-state index in [4.69, 9.17) is 5.26 Å². The molecule has 1 atom stereocenters. The van der Waals surface area contributed by atoms with Crippen LogP contribution < -0.4 is 5.32 Å². The molecule has 2 rings (SSSR count). The van der Waals surface area contributed by atoms with Crippen molar-refractivity contribution in [2.24, 2.45) is 0 Å². The van der Waals surface area contributed by atoms with Crippen LogP contribution >= 0.6 is 0 Å². The van der Waals surface area contributed by atoms with Crippen LogP contribution in [0.1, 0.15) is 18.4 Å². The molecule has 17 heavy (non-hydrogen) atoms. The zero-order valence-electron chi connectivity index (χ0n) is 9.91. The number of piperidine rings is 1. The minimum Gasteiger partial charge on any atom is -0.379 e. The fourth-order valence-electron chi connectivity index (χ4n) is 2.21. The molecule has 90 valence electrons. The predicted octanol–water partition coefficient (Wildman–Crippen LogP) is 2.20. The Hall–Kier alpha value is -1.60. The first kappa shape index (κ1) is 11.9. The summed E-state index contributed by atoms with van der Waals surface area (Å²) >= 11 is 0. The van der Waals surface area contributed by atoms with Crippen LogP contribution in [0.4, 0.5) is 10.1 Å². The second-order valence-corrected chi connectivity index (χ2v) is 4.55. The van der Waals surface area contributed by atoms with E-state index >= 15 is 0 Å². The van der Waals surface area contributed by atoms with Crippen molar-refractivity contribution < 1.29 is 4.39 Å². The Morgan fingerprint density at radius 3 is 3.00 bits per heavy atom. The van der Waals surface area contributed by atoms with E-state index in [0.717, 1.165) is 25.9 Å². The summed E-state index contributed by atoms with van der Waals surface area (Å²) in [6.07, 6.45) is 2.19. The van der Waals surface area contributed by atoms with Crippen molar-refractivity contribution in [1.29, 1.82) is 5.26 Å². The van der Waals surface area contributed by atoms with Gasteiger partial charge in [-0.1, -0.05) is 0 Å². The monoisotopic (exact) mass is 233 g/mol. The Bertz CT molecular complexity index is 439. The smallest absolute Gasteiger partial charge is 0.147 e. The van der Waals surface area contributed by atoms with E-state index in [0.29, 0.717) is 11.3 Å². The fourth-order valence-corrected chi connectivity index (χ4v) is 2.21. The quantitative estimate of drug-likeness (QED) is 0.851. The van der Waals surface area contributed by atoms with Crippen molar-refractivity contribution in [3.63, 3.8) is 0 Å². The summed E-state index contributed by atoms with van der Waals surface area (Å²) in [6, 6.07) is 6.77. The number of nitrogens with one attached hydrogen (secondary N) is 1. The Balaban J connectivity index is 2.06. The van der Waals surface area contributed by atoms with Crippen LogP contribution in [0.5, 0.6) is 0 Å². The first-order valence-corrected chi connectivity index (χ1v) is 5.84. The van der Waals surface area contributed by atoms with Gasteiger partial charge in [0.25, 0.3) is 0 Å². The summed E-state index contributed by atoms with van der Waals surface area (Å²) in [4.78, 5) is 2.24. The summed E-state index contributed by atoms with van der Waals surface area (Å²) in [6.45, 7) is 2.04. The van der Waals surface area contributed by atoms with Crippen LogP contribution in [0.15, 0.2) is 18.2 Å². The van der Waals surface area contributed by atoms with E-state index in [1.807, 2.05) is 6.07 Å². The molecule has 1 saturated heterocycles. The number of nitrogens with zero attached hydrogens (tertiary/aromatic N) is 2. The number of likely N-dealkylation sites (tertiary alicyclic amines) is 1. The molecule has 1 N–H and O–H groups in total. The summed E-state index contributed by atoms with van der Waals surface area (Å²) < 4.78 is 13.7. The van der Waals surface area contributed by atoms with Gasteiger partial charge in [-0.25, -0.2) is 4.39 Å². The molecule has 0 bridgehead atoms. The first-order valence-electron chi connectivity index (χ1n) is 5.84. The van der Waals surface area contributed by atoms with Gasteiger partial charge in [-0.15, -0.1) is 0 Å². The van der Waals surface area contributed by atoms with Gasteiger partial charge in [0.05, 0.1) is 17.3 Å². The van der Waals surface area contributed by atoms with Gasteiger partial charge in [0.15, 0.2) is 0 Å². The zero-order valence-corrected chi connectivity index (χ0v) is 9.91. The van der Waals surface area contributed by atoms with Crippen LogP contribution in [0.2, 0.25) is 0 Å². The molecule has 0 saturated carbocycles. The molecule has 1 aromatic carbocycles. The second kappa shape index (κ2) is 5.15. The molecule has 4 heteroatoms. The summed E-state index contributed by atoms with van der Waals surface area (Å²) in [5, 5.41) is 11.9. The maximum Gasteiger partial charge on any atom is 0.147 e. The molecule has 1 fully saturated rings. The molecule has 0 radical (unpaired) electrons. The van der Waals surface area contributed by atoms with E-state index in [1.54, 1.807) is 12.1 Å². The lowest BCUT2D eigenvalue weighted by molar-refractivity contribution is 0.260. The number of nitriles is 1. The van der Waals surface area contributed by atoms with E-state index in [-0.39, 0.29) is 11.9 Å². The number of hydrogen-bond donors (Lipinski definition) is 1. The normalized spacial score (nSPS) is 20.9. The standard InChI is InChI=1S/C13H16FN3/c1-17-6-2-3-11(9-17)16-13-5-4-10(8-15)7-12(13)14/h4-5,7,11,16H,2-3,6,9H2,1H3. The van der Waals surface area contributed by atoms with Crippen molar-refractivity contribution in [1.82, 2.24) is 4.90 Å². The second-order valence-electron chi connectivity index (χ2n) is 4.55. The average Bonchev–Trinajstić information content (AvgIpc) is 2.32. The van der Waals surface area contributed by atoms with Gasteiger partial charge in [0, 0.05) is 12.6 Å². The van der Waals surface area contributed by atoms with Crippen LogP contribution in [-0.4, -0.2) is 31.1 Å². The molecule has 0 aliphatic carbocycles. The Kier molecular flexibility index (Phi) is 3.60. The molecule has 0 amide bonds. The molecule has 1 aliphatic rings. The highest BCUT2D eigenvalue weighted by molar-refractivity contribution is 5.49. The van der Waals surface area contributed by atoms with E-state index in [9.17, 15) is 4.39 Å². The number of likely N-dealkylation sites (N-methyl/N-ethyl adjacent to an activating group) is 1. The molecule has 1 aromatic rings. The third kappa shape index (κ3) is 2.95. The fraction of sp³-hybridized carbons (Fsp3) is 0.462. The number of rotatable bonds is 2. The highest BCUT2D eigenvalue weighted by atomic mass is 19.1. The highest BCUT2D eigenvalue weighted by Crippen LogP contribution is 2.19. The average molecular weight is 233 g/mol. The van der Waals surface area contributed by atoms with Gasteiger partial charge in [0.2, 0.25) is 0 Å². The number of anilines is 1. The third-order valence-electron chi connectivity index (χ3n) is 3.08. The minimum atomic E-state index is -0.350. The third-order valence-corrected chi connectivity index (χ3v) is 3.08. The maximum atomic E-state index is 13.7. The summed E-state index contributed by atoms with van der Waals surface area (Å²) in [5.74, 6) is -0.350. The Morgan fingerprint density at radius 2 is 2.35 bits per heavy atom. The minimum absolute atomic E-state index is 0.288. The number of halogens is 1. The Labute approximate surface area is 101 Å². The van der Waals surface area contributed by atoms with Gasteiger partial charge in [-0.3, -0.25) is 0 Å². The van der Waals surface area contributed by atoms with Gasteiger partial charge in [-0.2, -0.15) is 5.26 Å². The highest BCUT2D eigenvalue weighted by Gasteiger charge is 2.17. The van der Waals surface area contributed by atoms with Gasteiger partial charge >= 0.3 is 0 Å². The predicted molar refractivity (Wildman–Crippen MR) is 65.3 cm³/mol. The topological polar surface area (TPSA) is 39.1 Å². The molecular formula is C13H16FN3. The maximum absolute atomic E-state index is 13.7. The molecule has 3 nitrogen and oxygen atoms in total. The SMILES string of the molecule is CN1CCCC(Nc2ccc(C#N)cc2F)C1. The lowest BCUT2D eigenvalue weighted by Crippen LogP contribution is -2.39. The molecule has 1 heterocycles. The van der Waals surface area contributed by atoms with Gasteiger partial charge in [0.1, 0.15) is 5.82 Å². The van der Waals surface area contributed by atoms with Crippen LogP contribution in [0.25, 0.3) is 0 Å². The van der Waals surface area contributed by atoms with Crippen molar-refractivity contribution >= 4 is 5.69 Å². The first-order chi connectivity index (χ1) is 8.19. The number of benzene rings is 1. The van der Waals surface area contributed by atoms with E-state index in [2.05, 4.69) is 17.3 Å². The summed E-state index contributed by atoms with van der Waals surface area (Å²) in [7, 11) is 2.07. The molecule has 0 spiro atoms. The van der Waals surface area contributed by atoms with Crippen molar-refractivity contribution in [3.8, 4) is 6.07 Å². The molecule has 1 unspecified atom stereocenters. The van der Waals surface area contributed by atoms with E-state index in [1.165, 1.54) is 6.07 Å². The zero-order chi connectivity index (χ0) is 12.3. The molecule has 0 aromatic heterocycles. The van der Waals surface area contributed by atoms with Crippen molar-refractivity contribution in [2.45, 2.75) is 18.9 Å². The lowest BCUT2D eigenvalue weighted by atomic mass is 10.1. The number of hydrogen-bond acceptors (Lipinski definition) is 3. The largest absolute Gasteiger partial charge is 0.379 e. The van der Waals surface area contributed by atoms with Crippen molar-refractivity contribution in [2.75, 3.05) is 25.5 Å². The Morgan fingerprint density at radius 1 is 1.53 bits per heavy atom.